The molecule has 45 heavy (non-hydrogen) atoms. The van der Waals surface area contributed by atoms with Crippen LogP contribution >= 0.6 is 11.6 Å². The molecule has 9 heteroatoms. The first-order valence-corrected chi connectivity index (χ1v) is 15.4. The maximum Gasteiger partial charge on any atom is 0.338 e. The van der Waals surface area contributed by atoms with Gasteiger partial charge in [-0.25, -0.2) is 9.69 Å². The quantitative estimate of drug-likeness (QED) is 0.137. The SMILES string of the molecule is O=C(COC(=O)c1ccc(N2C(=O)CC(N3CCN(c4cccc(Cl)c4)CC3)C2=O)cc1)c1ccc2c(c1)Cc1ccccc1-2. The fourth-order valence-electron chi connectivity index (χ4n) is 6.50. The normalized spacial score (nSPS) is 17.8. The van der Waals surface area contributed by atoms with Gasteiger partial charge in [-0.15, -0.1) is 0 Å². The van der Waals surface area contributed by atoms with E-state index in [9.17, 15) is 19.2 Å². The van der Waals surface area contributed by atoms with E-state index in [1.165, 1.54) is 28.2 Å². The molecule has 4 aromatic carbocycles. The Morgan fingerprint density at radius 2 is 1.49 bits per heavy atom. The zero-order chi connectivity index (χ0) is 31.1. The predicted molar refractivity (Wildman–Crippen MR) is 172 cm³/mol. The smallest absolute Gasteiger partial charge is 0.338 e. The lowest BCUT2D eigenvalue weighted by molar-refractivity contribution is -0.123. The zero-order valence-corrected chi connectivity index (χ0v) is 25.2. The van der Waals surface area contributed by atoms with Gasteiger partial charge in [-0.05, 0) is 77.2 Å². The van der Waals surface area contributed by atoms with Crippen LogP contribution in [0.4, 0.5) is 11.4 Å². The Hall–Kier alpha value is -4.79. The van der Waals surface area contributed by atoms with Gasteiger partial charge in [0.25, 0.3) is 5.91 Å². The van der Waals surface area contributed by atoms with Crippen molar-refractivity contribution in [2.45, 2.75) is 18.9 Å². The van der Waals surface area contributed by atoms with E-state index in [4.69, 9.17) is 16.3 Å². The molecule has 0 bridgehead atoms. The summed E-state index contributed by atoms with van der Waals surface area (Å²) < 4.78 is 5.32. The van der Waals surface area contributed by atoms with Crippen LogP contribution in [0.3, 0.4) is 0 Å². The third-order valence-corrected chi connectivity index (χ3v) is 9.10. The first-order chi connectivity index (χ1) is 21.9. The van der Waals surface area contributed by atoms with E-state index in [2.05, 4.69) is 21.9 Å². The number of ether oxygens (including phenoxy) is 1. The van der Waals surface area contributed by atoms with E-state index in [1.54, 1.807) is 18.2 Å². The molecular formula is C36H30ClN3O5. The number of anilines is 2. The maximum absolute atomic E-state index is 13.4. The van der Waals surface area contributed by atoms with Crippen LogP contribution in [-0.2, 0) is 20.7 Å². The first-order valence-electron chi connectivity index (χ1n) is 15.0. The number of carbonyl (C=O) groups is 4. The Bertz CT molecular complexity index is 1830. The van der Waals surface area contributed by atoms with Crippen LogP contribution in [-0.4, -0.2) is 67.3 Å². The van der Waals surface area contributed by atoms with Crippen LogP contribution in [0.1, 0.15) is 38.3 Å². The fraction of sp³-hybridized carbons (Fsp3) is 0.222. The average Bonchev–Trinajstić information content (AvgIpc) is 3.59. The molecule has 226 valence electrons. The molecule has 1 aliphatic carbocycles. The van der Waals surface area contributed by atoms with E-state index in [0.29, 0.717) is 29.4 Å². The van der Waals surface area contributed by atoms with Crippen molar-refractivity contribution < 1.29 is 23.9 Å². The summed E-state index contributed by atoms with van der Waals surface area (Å²) in [5, 5.41) is 0.677. The van der Waals surface area contributed by atoms with Crippen molar-refractivity contribution in [2.75, 3.05) is 42.6 Å². The van der Waals surface area contributed by atoms with Gasteiger partial charge in [-0.1, -0.05) is 54.1 Å². The van der Waals surface area contributed by atoms with Crippen molar-refractivity contribution in [3.8, 4) is 11.1 Å². The lowest BCUT2D eigenvalue weighted by Gasteiger charge is -2.38. The van der Waals surface area contributed by atoms with E-state index >= 15 is 0 Å². The van der Waals surface area contributed by atoms with Crippen LogP contribution in [0.5, 0.6) is 0 Å². The van der Waals surface area contributed by atoms with Gasteiger partial charge in [-0.2, -0.15) is 0 Å². The summed E-state index contributed by atoms with van der Waals surface area (Å²) in [5.74, 6) is -1.49. The van der Waals surface area contributed by atoms with Crippen LogP contribution < -0.4 is 9.80 Å². The summed E-state index contributed by atoms with van der Waals surface area (Å²) in [5.41, 5.74) is 6.77. The number of hydrogen-bond donors (Lipinski definition) is 0. The molecule has 0 N–H and O–H groups in total. The molecule has 0 saturated carbocycles. The van der Waals surface area contributed by atoms with E-state index < -0.39 is 12.0 Å². The summed E-state index contributed by atoms with van der Waals surface area (Å²) in [6, 6.07) is 27.1. The van der Waals surface area contributed by atoms with Gasteiger partial charge in [0.2, 0.25) is 5.91 Å². The number of imide groups is 1. The number of hydrogen-bond acceptors (Lipinski definition) is 7. The van der Waals surface area contributed by atoms with Gasteiger partial charge in [0.15, 0.2) is 12.4 Å². The minimum Gasteiger partial charge on any atom is -0.454 e. The maximum atomic E-state index is 13.4. The Morgan fingerprint density at radius 3 is 2.27 bits per heavy atom. The summed E-state index contributed by atoms with van der Waals surface area (Å²) in [6.07, 6.45) is 0.874. The second kappa shape index (κ2) is 12.0. The number of benzene rings is 4. The number of nitrogens with zero attached hydrogens (tertiary/aromatic N) is 3. The second-order valence-corrected chi connectivity index (χ2v) is 12.0. The highest BCUT2D eigenvalue weighted by Gasteiger charge is 2.43. The van der Waals surface area contributed by atoms with Crippen LogP contribution in [0, 0.1) is 0 Å². The lowest BCUT2D eigenvalue weighted by atomic mass is 10.0. The van der Waals surface area contributed by atoms with Crippen LogP contribution in [0.2, 0.25) is 5.02 Å². The number of esters is 1. The molecule has 7 rings (SSSR count). The molecule has 4 aromatic rings. The Balaban J connectivity index is 0.941. The average molecular weight is 620 g/mol. The van der Waals surface area contributed by atoms with Crippen molar-refractivity contribution in [1.82, 2.24) is 4.90 Å². The molecule has 3 aliphatic rings. The molecule has 1 unspecified atom stereocenters. The van der Waals surface area contributed by atoms with Crippen molar-refractivity contribution in [2.24, 2.45) is 0 Å². The summed E-state index contributed by atoms with van der Waals surface area (Å²) in [7, 11) is 0. The zero-order valence-electron chi connectivity index (χ0n) is 24.4. The Kier molecular flexibility index (Phi) is 7.69. The van der Waals surface area contributed by atoms with Crippen LogP contribution in [0.15, 0.2) is 91.0 Å². The van der Waals surface area contributed by atoms with Crippen molar-refractivity contribution in [1.29, 1.82) is 0 Å². The molecule has 8 nitrogen and oxygen atoms in total. The molecule has 2 aliphatic heterocycles. The minimum absolute atomic E-state index is 0.108. The molecule has 0 spiro atoms. The number of fused-ring (bicyclic) bond motifs is 3. The first kappa shape index (κ1) is 29.0. The van der Waals surface area contributed by atoms with Gasteiger partial charge in [-0.3, -0.25) is 19.3 Å². The highest BCUT2D eigenvalue weighted by molar-refractivity contribution is 6.30. The van der Waals surface area contributed by atoms with Gasteiger partial charge in [0.1, 0.15) is 0 Å². The number of Topliss-reactive ketones (excluding diaryl/α,β-unsaturated/α-hetero) is 1. The van der Waals surface area contributed by atoms with Gasteiger partial charge in [0, 0.05) is 42.5 Å². The summed E-state index contributed by atoms with van der Waals surface area (Å²) >= 11 is 6.15. The highest BCUT2D eigenvalue weighted by Crippen LogP contribution is 2.37. The van der Waals surface area contributed by atoms with Crippen molar-refractivity contribution >= 4 is 46.5 Å². The number of halogens is 1. The van der Waals surface area contributed by atoms with Gasteiger partial charge < -0.3 is 9.64 Å². The van der Waals surface area contributed by atoms with Crippen molar-refractivity contribution in [3.05, 3.63) is 118 Å². The Morgan fingerprint density at radius 1 is 0.756 bits per heavy atom. The molecule has 0 radical (unpaired) electrons. The molecule has 1 atom stereocenters. The number of piperazine rings is 1. The molecule has 2 fully saturated rings. The minimum atomic E-state index is -0.655. The third kappa shape index (κ3) is 5.63. The fourth-order valence-corrected chi connectivity index (χ4v) is 6.68. The topological polar surface area (TPSA) is 87.2 Å². The molecule has 2 amide bonds. The number of amides is 2. The summed E-state index contributed by atoms with van der Waals surface area (Å²) in [4.78, 5) is 57.4. The monoisotopic (exact) mass is 619 g/mol. The van der Waals surface area contributed by atoms with Gasteiger partial charge in [0.05, 0.1) is 23.7 Å². The Labute approximate surface area is 265 Å². The van der Waals surface area contributed by atoms with E-state index in [0.717, 1.165) is 36.3 Å². The van der Waals surface area contributed by atoms with E-state index in [-0.39, 0.29) is 36.2 Å². The van der Waals surface area contributed by atoms with Gasteiger partial charge >= 0.3 is 5.97 Å². The molecule has 2 heterocycles. The number of carbonyl (C=O) groups excluding carboxylic acids is 4. The van der Waals surface area contributed by atoms with Crippen molar-refractivity contribution in [3.63, 3.8) is 0 Å². The number of ketones is 1. The van der Waals surface area contributed by atoms with Crippen LogP contribution in [0.25, 0.3) is 11.1 Å². The molecule has 2 saturated heterocycles. The summed E-state index contributed by atoms with van der Waals surface area (Å²) in [6.45, 7) is 2.34. The molecule has 0 aromatic heterocycles. The standard InChI is InChI=1S/C36H30ClN3O5/c37-27-5-3-6-29(20-27)38-14-16-39(17-15-38)32-21-34(42)40(35(32)43)28-11-8-23(9-12-28)36(44)45-22-33(41)25-10-13-31-26(19-25)18-24-4-1-2-7-30(24)31/h1-13,19-20,32H,14-18,21-22H2. The third-order valence-electron chi connectivity index (χ3n) is 8.86. The largest absolute Gasteiger partial charge is 0.454 e. The lowest BCUT2D eigenvalue weighted by Crippen LogP contribution is -2.52. The predicted octanol–water partition coefficient (Wildman–Crippen LogP) is 5.41. The van der Waals surface area contributed by atoms with E-state index in [1.807, 2.05) is 48.5 Å². The molecular weight excluding hydrogens is 590 g/mol. The number of rotatable bonds is 7. The second-order valence-electron chi connectivity index (χ2n) is 11.5. The highest BCUT2D eigenvalue weighted by atomic mass is 35.5.